The van der Waals surface area contributed by atoms with Crippen LogP contribution in [0, 0.1) is 0 Å². The summed E-state index contributed by atoms with van der Waals surface area (Å²) in [5.74, 6) is 0.0471. The minimum atomic E-state index is -0.338. The highest BCUT2D eigenvalue weighted by Crippen LogP contribution is 2.46. The van der Waals surface area contributed by atoms with E-state index < -0.39 is 0 Å². The monoisotopic (exact) mass is 396 g/mol. The van der Waals surface area contributed by atoms with Crippen molar-refractivity contribution in [3.8, 4) is 10.4 Å². The molecule has 28 heavy (non-hydrogen) atoms. The zero-order valence-corrected chi connectivity index (χ0v) is 16.6. The minimum Gasteiger partial charge on any atom is -0.370 e. The number of carbonyl (C=O) groups excluding carboxylic acids is 2. The molecule has 2 aromatic rings. The third-order valence-corrected chi connectivity index (χ3v) is 7.49. The van der Waals surface area contributed by atoms with E-state index in [0.717, 1.165) is 25.9 Å². The lowest BCUT2D eigenvalue weighted by molar-refractivity contribution is -0.143. The Morgan fingerprint density at radius 3 is 2.68 bits per heavy atom. The lowest BCUT2D eigenvalue weighted by Gasteiger charge is -2.44. The van der Waals surface area contributed by atoms with Crippen molar-refractivity contribution in [1.29, 1.82) is 0 Å². The van der Waals surface area contributed by atoms with Gasteiger partial charge in [0.15, 0.2) is 0 Å². The van der Waals surface area contributed by atoms with Gasteiger partial charge in [-0.2, -0.15) is 0 Å². The van der Waals surface area contributed by atoms with Gasteiger partial charge in [-0.05, 0) is 36.5 Å². The quantitative estimate of drug-likeness (QED) is 0.849. The molecule has 0 aliphatic carbocycles. The van der Waals surface area contributed by atoms with Crippen LogP contribution in [0.25, 0.3) is 10.4 Å². The summed E-state index contributed by atoms with van der Waals surface area (Å²) in [6.07, 6.45) is 3.67. The van der Waals surface area contributed by atoms with E-state index in [-0.39, 0.29) is 23.5 Å². The van der Waals surface area contributed by atoms with Crippen LogP contribution in [-0.4, -0.2) is 42.5 Å². The summed E-state index contributed by atoms with van der Waals surface area (Å²) >= 11 is 1.88. The fourth-order valence-corrected chi connectivity index (χ4v) is 5.92. The van der Waals surface area contributed by atoms with Crippen molar-refractivity contribution < 1.29 is 14.3 Å². The van der Waals surface area contributed by atoms with Crippen LogP contribution < -0.4 is 5.32 Å². The van der Waals surface area contributed by atoms with E-state index in [1.165, 1.54) is 20.9 Å². The zero-order valence-electron chi connectivity index (χ0n) is 15.8. The molecule has 146 valence electrons. The summed E-state index contributed by atoms with van der Waals surface area (Å²) in [5, 5.41) is 2.80. The summed E-state index contributed by atoms with van der Waals surface area (Å²) in [7, 11) is 0. The van der Waals surface area contributed by atoms with Crippen LogP contribution in [0.5, 0.6) is 0 Å². The maximum absolute atomic E-state index is 12.7. The Kier molecular flexibility index (Phi) is 4.48. The van der Waals surface area contributed by atoms with Crippen LogP contribution >= 0.6 is 11.3 Å². The van der Waals surface area contributed by atoms with Crippen molar-refractivity contribution in [2.45, 2.75) is 43.7 Å². The van der Waals surface area contributed by atoms with E-state index in [0.29, 0.717) is 25.9 Å². The van der Waals surface area contributed by atoms with E-state index >= 15 is 0 Å². The Balaban J connectivity index is 1.35. The smallest absolute Gasteiger partial charge is 0.245 e. The van der Waals surface area contributed by atoms with Gasteiger partial charge in [0.1, 0.15) is 6.04 Å². The van der Waals surface area contributed by atoms with Crippen LogP contribution in [0.15, 0.2) is 36.4 Å². The molecular formula is C22H24N2O3S. The number of ether oxygens (including phenoxy) is 1. The molecule has 2 fully saturated rings. The summed E-state index contributed by atoms with van der Waals surface area (Å²) in [6, 6.07) is 12.5. The van der Waals surface area contributed by atoms with Crippen molar-refractivity contribution in [3.05, 3.63) is 46.8 Å². The molecular weight excluding hydrogens is 372 g/mol. The molecule has 1 aromatic heterocycles. The second-order valence-electron chi connectivity index (χ2n) is 7.89. The second-order valence-corrected chi connectivity index (χ2v) is 9.03. The fraction of sp³-hybridized carbons (Fsp3) is 0.455. The minimum absolute atomic E-state index is 0.0150. The Morgan fingerprint density at radius 2 is 1.96 bits per heavy atom. The van der Waals surface area contributed by atoms with Gasteiger partial charge in [-0.3, -0.25) is 9.59 Å². The highest BCUT2D eigenvalue weighted by molar-refractivity contribution is 7.15. The molecule has 2 amide bonds. The molecule has 1 N–H and O–H groups in total. The average molecular weight is 397 g/mol. The first-order valence-corrected chi connectivity index (χ1v) is 10.9. The summed E-state index contributed by atoms with van der Waals surface area (Å²) < 4.78 is 6.35. The highest BCUT2D eigenvalue weighted by atomic mass is 32.1. The highest BCUT2D eigenvalue weighted by Gasteiger charge is 2.44. The third kappa shape index (κ3) is 3.05. The molecule has 2 saturated heterocycles. The van der Waals surface area contributed by atoms with E-state index in [2.05, 4.69) is 35.6 Å². The molecule has 3 aliphatic heterocycles. The predicted octanol–water partition coefficient (Wildman–Crippen LogP) is 3.08. The zero-order chi connectivity index (χ0) is 19.1. The van der Waals surface area contributed by atoms with E-state index in [4.69, 9.17) is 4.74 Å². The standard InChI is InChI=1S/C22H24N2O3S/c25-20-7-6-17(23-20)21(26)24-11-9-22(10-12-24)16-14-19(15-4-2-1-3-5-15)28-18(16)8-13-27-22/h1-5,14,17H,6-13H2,(H,23,25)/t17-/m0/s1. The van der Waals surface area contributed by atoms with Crippen molar-refractivity contribution >= 4 is 23.2 Å². The van der Waals surface area contributed by atoms with Crippen molar-refractivity contribution in [1.82, 2.24) is 10.2 Å². The number of likely N-dealkylation sites (tertiary alicyclic amines) is 1. The molecule has 6 heteroatoms. The van der Waals surface area contributed by atoms with Crippen molar-refractivity contribution in [3.63, 3.8) is 0 Å². The Labute approximate surface area is 168 Å². The van der Waals surface area contributed by atoms with Crippen molar-refractivity contribution in [2.75, 3.05) is 19.7 Å². The Bertz CT molecular complexity index is 900. The molecule has 1 atom stereocenters. The van der Waals surface area contributed by atoms with Gasteiger partial charge in [0.25, 0.3) is 0 Å². The van der Waals surface area contributed by atoms with Gasteiger partial charge in [0, 0.05) is 35.7 Å². The fourth-order valence-electron chi connectivity index (χ4n) is 4.68. The summed E-state index contributed by atoms with van der Waals surface area (Å²) in [6.45, 7) is 2.11. The first-order valence-electron chi connectivity index (χ1n) is 10.1. The molecule has 1 aromatic carbocycles. The van der Waals surface area contributed by atoms with Gasteiger partial charge in [0.05, 0.1) is 12.2 Å². The average Bonchev–Trinajstić information content (AvgIpc) is 3.36. The second kappa shape index (κ2) is 7.01. The number of amides is 2. The number of benzene rings is 1. The number of nitrogens with one attached hydrogen (secondary N) is 1. The van der Waals surface area contributed by atoms with Crippen LogP contribution in [0.1, 0.15) is 36.1 Å². The number of piperidine rings is 1. The van der Waals surface area contributed by atoms with E-state index in [1.807, 2.05) is 22.3 Å². The maximum Gasteiger partial charge on any atom is 0.245 e. The summed E-state index contributed by atoms with van der Waals surface area (Å²) in [4.78, 5) is 28.8. The van der Waals surface area contributed by atoms with Gasteiger partial charge in [-0.15, -0.1) is 11.3 Å². The van der Waals surface area contributed by atoms with Gasteiger partial charge in [0.2, 0.25) is 11.8 Å². The molecule has 5 nitrogen and oxygen atoms in total. The number of nitrogens with zero attached hydrogens (tertiary/aromatic N) is 1. The van der Waals surface area contributed by atoms with Crippen molar-refractivity contribution in [2.24, 2.45) is 0 Å². The number of hydrogen-bond acceptors (Lipinski definition) is 4. The molecule has 4 heterocycles. The lowest BCUT2D eigenvalue weighted by atomic mass is 9.82. The van der Waals surface area contributed by atoms with Crippen LogP contribution in [0.4, 0.5) is 0 Å². The molecule has 0 bridgehead atoms. The predicted molar refractivity (Wildman–Crippen MR) is 108 cm³/mol. The number of rotatable bonds is 2. The van der Waals surface area contributed by atoms with Gasteiger partial charge >= 0.3 is 0 Å². The Morgan fingerprint density at radius 1 is 1.18 bits per heavy atom. The van der Waals surface area contributed by atoms with Crippen LogP contribution in [0.2, 0.25) is 0 Å². The molecule has 0 radical (unpaired) electrons. The number of fused-ring (bicyclic) bond motifs is 2. The molecule has 1 spiro atoms. The molecule has 3 aliphatic rings. The topological polar surface area (TPSA) is 58.6 Å². The van der Waals surface area contributed by atoms with Crippen LogP contribution in [0.3, 0.4) is 0 Å². The van der Waals surface area contributed by atoms with Gasteiger partial charge in [-0.25, -0.2) is 0 Å². The van der Waals surface area contributed by atoms with E-state index in [1.54, 1.807) is 0 Å². The van der Waals surface area contributed by atoms with Gasteiger partial charge in [-0.1, -0.05) is 30.3 Å². The summed E-state index contributed by atoms with van der Waals surface area (Å²) in [5.41, 5.74) is 2.30. The molecule has 0 unspecified atom stereocenters. The number of thiophene rings is 1. The molecule has 5 rings (SSSR count). The third-order valence-electron chi connectivity index (χ3n) is 6.24. The van der Waals surface area contributed by atoms with E-state index in [9.17, 15) is 9.59 Å². The first kappa shape index (κ1) is 17.9. The SMILES string of the molecule is O=C1CC[C@@H](C(=O)N2CCC3(CC2)OCCc2sc(-c4ccccc4)cc23)N1. The normalized spacial score (nSPS) is 23.5. The Hall–Kier alpha value is -2.18. The number of hydrogen-bond donors (Lipinski definition) is 1. The number of carbonyl (C=O) groups is 2. The lowest BCUT2D eigenvalue weighted by Crippen LogP contribution is -2.52. The molecule has 0 saturated carbocycles. The van der Waals surface area contributed by atoms with Crippen LogP contribution in [-0.2, 0) is 26.3 Å². The largest absolute Gasteiger partial charge is 0.370 e. The maximum atomic E-state index is 12.7. The first-order chi connectivity index (χ1) is 13.6. The van der Waals surface area contributed by atoms with Gasteiger partial charge < -0.3 is 15.0 Å².